The second-order valence-corrected chi connectivity index (χ2v) is 14.0. The molecule has 1 rings (SSSR count). The number of sulfonamides is 1. The van der Waals surface area contributed by atoms with Crippen molar-refractivity contribution in [2.45, 2.75) is 30.6 Å². The fraction of sp³-hybridized carbons (Fsp3) is 0.571. The molecular weight excluding hydrogens is 320 g/mol. The van der Waals surface area contributed by atoms with Gasteiger partial charge in [-0.2, -0.15) is 4.31 Å². The van der Waals surface area contributed by atoms with Crippen LogP contribution in [0.4, 0.5) is 5.69 Å². The second kappa shape index (κ2) is 7.45. The summed E-state index contributed by atoms with van der Waals surface area (Å²) >= 11 is 0. The van der Waals surface area contributed by atoms with Gasteiger partial charge < -0.3 is 15.2 Å². The van der Waals surface area contributed by atoms with E-state index in [9.17, 15) is 8.42 Å². The fourth-order valence-corrected chi connectivity index (χ4v) is 3.50. The lowest BCUT2D eigenvalue weighted by Gasteiger charge is -2.20. The molecule has 2 N–H and O–H groups in total. The van der Waals surface area contributed by atoms with Crippen molar-refractivity contribution in [3.63, 3.8) is 0 Å². The van der Waals surface area contributed by atoms with Crippen molar-refractivity contribution >= 4 is 23.8 Å². The molecule has 0 aliphatic heterocycles. The molecule has 0 aliphatic rings. The molecule has 0 saturated heterocycles. The monoisotopic (exact) mass is 346 g/mol. The van der Waals surface area contributed by atoms with Crippen LogP contribution in [0.15, 0.2) is 23.1 Å². The first-order chi connectivity index (χ1) is 10.1. The van der Waals surface area contributed by atoms with Crippen LogP contribution in [-0.4, -0.2) is 48.3 Å². The van der Waals surface area contributed by atoms with E-state index in [1.165, 1.54) is 36.7 Å². The Morgan fingerprint density at radius 3 is 2.45 bits per heavy atom. The van der Waals surface area contributed by atoms with Crippen LogP contribution in [0.3, 0.4) is 0 Å². The van der Waals surface area contributed by atoms with Crippen LogP contribution in [0.1, 0.15) is 0 Å². The number of hydrogen-bond acceptors (Lipinski definition) is 5. The maximum Gasteiger partial charge on any atom is 0.244 e. The number of nitrogens with zero attached hydrogens (tertiary/aromatic N) is 1. The Kier molecular flexibility index (Phi) is 6.42. The van der Waals surface area contributed by atoms with E-state index in [1.54, 1.807) is 0 Å². The molecule has 0 atom stereocenters. The van der Waals surface area contributed by atoms with Gasteiger partial charge in [-0.15, -0.1) is 0 Å². The van der Waals surface area contributed by atoms with E-state index in [4.69, 9.17) is 15.2 Å². The minimum atomic E-state index is -3.62. The molecule has 0 bridgehead atoms. The zero-order chi connectivity index (χ0) is 17.0. The highest BCUT2D eigenvalue weighted by atomic mass is 32.2. The van der Waals surface area contributed by atoms with E-state index in [-0.39, 0.29) is 11.6 Å². The first kappa shape index (κ1) is 19.0. The number of nitrogens with two attached hydrogens (primary N) is 1. The molecular formula is C14H26N2O4SSi. The van der Waals surface area contributed by atoms with Crippen LogP contribution in [0.2, 0.25) is 25.7 Å². The van der Waals surface area contributed by atoms with Crippen LogP contribution in [0.25, 0.3) is 0 Å². The summed E-state index contributed by atoms with van der Waals surface area (Å²) in [7, 11) is -1.86. The number of rotatable bonds is 8. The molecule has 8 heteroatoms. The van der Waals surface area contributed by atoms with Gasteiger partial charge >= 0.3 is 0 Å². The van der Waals surface area contributed by atoms with Gasteiger partial charge in [-0.3, -0.25) is 0 Å². The maximum absolute atomic E-state index is 12.5. The summed E-state index contributed by atoms with van der Waals surface area (Å²) < 4.78 is 36.7. The van der Waals surface area contributed by atoms with Gasteiger partial charge in [0.25, 0.3) is 0 Å². The van der Waals surface area contributed by atoms with Crippen molar-refractivity contribution in [2.24, 2.45) is 0 Å². The van der Waals surface area contributed by atoms with Gasteiger partial charge in [-0.25, -0.2) is 8.42 Å². The molecule has 0 aliphatic carbocycles. The minimum Gasteiger partial charge on any atom is -0.495 e. The topological polar surface area (TPSA) is 81.9 Å². The number of ether oxygens (including phenoxy) is 2. The van der Waals surface area contributed by atoms with Gasteiger partial charge in [0.15, 0.2) is 0 Å². The van der Waals surface area contributed by atoms with Crippen LogP contribution in [0, 0.1) is 0 Å². The molecule has 0 amide bonds. The van der Waals surface area contributed by atoms with Crippen molar-refractivity contribution in [3.05, 3.63) is 18.2 Å². The molecule has 0 saturated carbocycles. The first-order valence-electron chi connectivity index (χ1n) is 7.05. The Balaban J connectivity index is 2.73. The molecule has 0 radical (unpaired) electrons. The Labute approximate surface area is 134 Å². The minimum absolute atomic E-state index is 0.0273. The van der Waals surface area contributed by atoms with Gasteiger partial charge in [0.05, 0.1) is 17.7 Å². The molecule has 0 spiro atoms. The van der Waals surface area contributed by atoms with Crippen molar-refractivity contribution in [2.75, 3.05) is 33.2 Å². The largest absolute Gasteiger partial charge is 0.495 e. The third kappa shape index (κ3) is 5.27. The molecule has 1 aromatic rings. The van der Waals surface area contributed by atoms with Crippen molar-refractivity contribution in [1.82, 2.24) is 4.31 Å². The number of nitrogen functional groups attached to an aromatic ring is 1. The summed E-state index contributed by atoms with van der Waals surface area (Å²) in [6.07, 6.45) is 0. The molecule has 0 unspecified atom stereocenters. The van der Waals surface area contributed by atoms with Gasteiger partial charge in [0, 0.05) is 27.8 Å². The Bertz CT molecular complexity index is 599. The quantitative estimate of drug-likeness (QED) is 0.338. The molecule has 1 aromatic carbocycles. The lowest BCUT2D eigenvalue weighted by Crippen LogP contribution is -2.30. The van der Waals surface area contributed by atoms with Crippen LogP contribution < -0.4 is 10.5 Å². The third-order valence-electron chi connectivity index (χ3n) is 3.18. The number of hydrogen-bond donors (Lipinski definition) is 1. The molecule has 22 heavy (non-hydrogen) atoms. The summed E-state index contributed by atoms with van der Waals surface area (Å²) in [5.41, 5.74) is 6.10. The lowest BCUT2D eigenvalue weighted by atomic mass is 10.3. The van der Waals surface area contributed by atoms with Gasteiger partial charge in [-0.05, 0) is 18.2 Å². The van der Waals surface area contributed by atoms with Crippen LogP contribution in [-0.2, 0) is 14.8 Å². The normalized spacial score (nSPS) is 12.6. The highest BCUT2D eigenvalue weighted by Gasteiger charge is 2.22. The summed E-state index contributed by atoms with van der Waals surface area (Å²) in [6.45, 7) is 7.34. The summed E-state index contributed by atoms with van der Waals surface area (Å²) in [5, 5.41) is 0. The van der Waals surface area contributed by atoms with Gasteiger partial charge in [-0.1, -0.05) is 19.6 Å². The highest BCUT2D eigenvalue weighted by Crippen LogP contribution is 2.26. The number of methoxy groups -OCH3 is 1. The number of anilines is 1. The van der Waals surface area contributed by atoms with Gasteiger partial charge in [0.2, 0.25) is 10.0 Å². The van der Waals surface area contributed by atoms with Crippen molar-refractivity contribution < 1.29 is 17.9 Å². The first-order valence-corrected chi connectivity index (χ1v) is 12.2. The zero-order valence-electron chi connectivity index (χ0n) is 13.9. The summed E-state index contributed by atoms with van der Waals surface area (Å²) in [5.74, 6) is 0.342. The Morgan fingerprint density at radius 1 is 1.27 bits per heavy atom. The maximum atomic E-state index is 12.5. The van der Waals surface area contributed by atoms with Crippen LogP contribution >= 0.6 is 0 Å². The van der Waals surface area contributed by atoms with E-state index < -0.39 is 18.1 Å². The Hall–Kier alpha value is -1.09. The predicted octanol–water partition coefficient (Wildman–Crippen LogP) is 2.21. The Morgan fingerprint density at radius 2 is 1.91 bits per heavy atom. The lowest BCUT2D eigenvalue weighted by molar-refractivity contribution is 0.0907. The number of benzene rings is 1. The SMILES string of the molecule is COc1cc(S(=O)(=O)N(C)COCC[Si](C)(C)C)ccc1N. The van der Waals surface area contributed by atoms with E-state index >= 15 is 0 Å². The van der Waals surface area contributed by atoms with Crippen molar-refractivity contribution in [1.29, 1.82) is 0 Å². The molecule has 0 fully saturated rings. The molecule has 0 heterocycles. The predicted molar refractivity (Wildman–Crippen MR) is 91.3 cm³/mol. The second-order valence-electron chi connectivity index (χ2n) is 6.35. The van der Waals surface area contributed by atoms with Gasteiger partial charge in [0.1, 0.15) is 12.5 Å². The van der Waals surface area contributed by atoms with Crippen molar-refractivity contribution in [3.8, 4) is 5.75 Å². The van der Waals surface area contributed by atoms with E-state index in [2.05, 4.69) is 19.6 Å². The molecule has 0 aromatic heterocycles. The highest BCUT2D eigenvalue weighted by molar-refractivity contribution is 7.89. The molecule has 126 valence electrons. The summed E-state index contributed by atoms with van der Waals surface area (Å²) in [6, 6.07) is 5.40. The van der Waals surface area contributed by atoms with Crippen LogP contribution in [0.5, 0.6) is 5.75 Å². The fourth-order valence-electron chi connectivity index (χ4n) is 1.67. The third-order valence-corrected chi connectivity index (χ3v) is 6.66. The summed E-state index contributed by atoms with van der Waals surface area (Å²) in [4.78, 5) is 0.134. The van der Waals surface area contributed by atoms with E-state index in [0.717, 1.165) is 6.04 Å². The average Bonchev–Trinajstić information content (AvgIpc) is 2.42. The van der Waals surface area contributed by atoms with E-state index in [0.29, 0.717) is 18.0 Å². The smallest absolute Gasteiger partial charge is 0.244 e. The standard InChI is InChI=1S/C14H26N2O4SSi/c1-16(11-20-8-9-22(3,4)5)21(17,18)12-6-7-13(15)14(10-12)19-2/h6-7,10H,8-9,11,15H2,1-5H3. The van der Waals surface area contributed by atoms with E-state index in [1.807, 2.05) is 0 Å². The zero-order valence-corrected chi connectivity index (χ0v) is 15.7. The average molecular weight is 347 g/mol. The molecule has 6 nitrogen and oxygen atoms in total.